The maximum Gasteiger partial charge on any atom is 0.222 e. The molecule has 0 atom stereocenters. The van der Waals surface area contributed by atoms with E-state index in [1.807, 2.05) is 36.1 Å². The lowest BCUT2D eigenvalue weighted by Gasteiger charge is -2.24. The fourth-order valence-corrected chi connectivity index (χ4v) is 4.82. The minimum Gasteiger partial charge on any atom is -0.497 e. The van der Waals surface area contributed by atoms with Gasteiger partial charge in [-0.05, 0) is 80.5 Å². The minimum absolute atomic E-state index is 0.130. The zero-order valence-electron chi connectivity index (χ0n) is 20.2. The predicted molar refractivity (Wildman–Crippen MR) is 128 cm³/mol. The maximum atomic E-state index is 12.8. The highest BCUT2D eigenvalue weighted by Gasteiger charge is 2.21. The van der Waals surface area contributed by atoms with Gasteiger partial charge in [-0.1, -0.05) is 18.2 Å². The first-order chi connectivity index (χ1) is 15.3. The number of hydrogen-bond acceptors (Lipinski definition) is 4. The summed E-state index contributed by atoms with van der Waals surface area (Å²) in [7, 11) is 1.66. The zero-order chi connectivity index (χ0) is 23.3. The Balaban J connectivity index is 1.58. The van der Waals surface area contributed by atoms with Gasteiger partial charge in [-0.2, -0.15) is 0 Å². The van der Waals surface area contributed by atoms with Gasteiger partial charge in [0.05, 0.1) is 7.11 Å². The topological polar surface area (TPSA) is 49.9 Å². The first kappa shape index (κ1) is 24.0. The van der Waals surface area contributed by atoms with Gasteiger partial charge in [0.1, 0.15) is 5.75 Å². The van der Waals surface area contributed by atoms with Crippen molar-refractivity contribution in [1.82, 2.24) is 9.80 Å². The normalized spacial score (nSPS) is 14.8. The fourth-order valence-electron chi connectivity index (χ4n) is 4.82. The van der Waals surface area contributed by atoms with E-state index in [2.05, 4.69) is 24.8 Å². The smallest absolute Gasteiger partial charge is 0.222 e. The largest absolute Gasteiger partial charge is 0.497 e. The summed E-state index contributed by atoms with van der Waals surface area (Å²) in [5.74, 6) is 1.19. The summed E-state index contributed by atoms with van der Waals surface area (Å²) in [6.45, 7) is 12.1. The zero-order valence-corrected chi connectivity index (χ0v) is 20.2. The van der Waals surface area contributed by atoms with Gasteiger partial charge in [0.15, 0.2) is 5.78 Å². The van der Waals surface area contributed by atoms with Crippen molar-refractivity contribution < 1.29 is 14.3 Å². The molecular formula is C27H36N2O3. The highest BCUT2D eigenvalue weighted by Crippen LogP contribution is 2.25. The molecule has 1 amide bonds. The average Bonchev–Trinajstić information content (AvgIpc) is 3.00. The molecule has 0 spiro atoms. The van der Waals surface area contributed by atoms with Crippen LogP contribution in [0.25, 0.3) is 0 Å². The van der Waals surface area contributed by atoms with Crippen molar-refractivity contribution in [3.8, 4) is 5.75 Å². The number of methoxy groups -OCH3 is 1. The van der Waals surface area contributed by atoms with Crippen molar-refractivity contribution in [1.29, 1.82) is 0 Å². The van der Waals surface area contributed by atoms with Crippen LogP contribution in [-0.4, -0.2) is 54.8 Å². The Morgan fingerprint density at radius 3 is 2.34 bits per heavy atom. The number of aryl methyl sites for hydroxylation is 3. The molecule has 0 N–H and O–H groups in total. The summed E-state index contributed by atoms with van der Waals surface area (Å²) in [6, 6.07) is 10.1. The lowest BCUT2D eigenvalue weighted by atomic mass is 9.91. The third kappa shape index (κ3) is 5.77. The summed E-state index contributed by atoms with van der Waals surface area (Å²) in [5, 5.41) is 0. The van der Waals surface area contributed by atoms with Gasteiger partial charge in [-0.25, -0.2) is 0 Å². The Morgan fingerprint density at radius 1 is 0.969 bits per heavy atom. The second-order valence-electron chi connectivity index (χ2n) is 8.90. The van der Waals surface area contributed by atoms with E-state index in [0.29, 0.717) is 6.42 Å². The Labute approximate surface area is 192 Å². The summed E-state index contributed by atoms with van der Waals surface area (Å²) in [5.41, 5.74) is 6.66. The Morgan fingerprint density at radius 2 is 1.69 bits per heavy atom. The average molecular weight is 437 g/mol. The first-order valence-corrected chi connectivity index (χ1v) is 11.5. The number of amides is 1. The number of benzene rings is 2. The molecule has 0 unspecified atom stereocenters. The van der Waals surface area contributed by atoms with Crippen LogP contribution >= 0.6 is 0 Å². The molecule has 1 aliphatic rings. The van der Waals surface area contributed by atoms with Crippen molar-refractivity contribution in [3.63, 3.8) is 0 Å². The van der Waals surface area contributed by atoms with E-state index in [0.717, 1.165) is 73.6 Å². The van der Waals surface area contributed by atoms with Crippen LogP contribution in [0.3, 0.4) is 0 Å². The highest BCUT2D eigenvalue weighted by atomic mass is 16.5. The van der Waals surface area contributed by atoms with Crippen molar-refractivity contribution in [3.05, 3.63) is 63.7 Å². The third-order valence-electron chi connectivity index (χ3n) is 6.59. The highest BCUT2D eigenvalue weighted by molar-refractivity contribution is 5.97. The van der Waals surface area contributed by atoms with Gasteiger partial charge < -0.3 is 9.64 Å². The van der Waals surface area contributed by atoms with Crippen LogP contribution in [0, 0.1) is 20.8 Å². The molecule has 1 saturated heterocycles. The molecule has 2 aromatic rings. The monoisotopic (exact) mass is 436 g/mol. The first-order valence-electron chi connectivity index (χ1n) is 11.5. The van der Waals surface area contributed by atoms with E-state index in [9.17, 15) is 9.59 Å². The molecule has 3 rings (SSSR count). The number of ketones is 1. The molecule has 1 fully saturated rings. The summed E-state index contributed by atoms with van der Waals surface area (Å²) in [6.07, 6.45) is 2.25. The predicted octanol–water partition coefficient (Wildman–Crippen LogP) is 4.49. The molecule has 32 heavy (non-hydrogen) atoms. The second-order valence-corrected chi connectivity index (χ2v) is 8.90. The molecule has 0 bridgehead atoms. The SMILES string of the molecule is COc1ccc(CCC(=O)N2CCCN(Cc3c(C)cc(C)c(C(C)=O)c3C)CC2)cc1. The van der Waals surface area contributed by atoms with Crippen LogP contribution in [0.1, 0.15) is 57.9 Å². The maximum absolute atomic E-state index is 12.8. The molecule has 0 aromatic heterocycles. The van der Waals surface area contributed by atoms with E-state index in [1.54, 1.807) is 14.0 Å². The Kier molecular flexibility index (Phi) is 8.08. The molecule has 2 aromatic carbocycles. The fraction of sp³-hybridized carbons (Fsp3) is 0.481. The molecule has 172 valence electrons. The standard InChI is InChI=1S/C27H36N2O3/c1-19-17-20(2)27(22(4)30)21(3)25(19)18-28-13-6-14-29(16-15-28)26(31)12-9-23-7-10-24(32-5)11-8-23/h7-8,10-11,17H,6,9,12-16,18H2,1-5H3. The molecule has 1 heterocycles. The van der Waals surface area contributed by atoms with Crippen LogP contribution in [0.2, 0.25) is 0 Å². The van der Waals surface area contributed by atoms with Gasteiger partial charge in [0.25, 0.3) is 0 Å². The lowest BCUT2D eigenvalue weighted by molar-refractivity contribution is -0.131. The molecule has 5 heteroatoms. The lowest BCUT2D eigenvalue weighted by Crippen LogP contribution is -2.35. The van der Waals surface area contributed by atoms with Crippen molar-refractivity contribution >= 4 is 11.7 Å². The summed E-state index contributed by atoms with van der Waals surface area (Å²) in [4.78, 5) is 29.4. The minimum atomic E-state index is 0.130. The van der Waals surface area contributed by atoms with Gasteiger partial charge in [0, 0.05) is 44.7 Å². The van der Waals surface area contributed by atoms with E-state index >= 15 is 0 Å². The van der Waals surface area contributed by atoms with Crippen molar-refractivity contribution in [2.45, 2.75) is 53.5 Å². The van der Waals surface area contributed by atoms with Crippen LogP contribution in [-0.2, 0) is 17.8 Å². The number of ether oxygens (including phenoxy) is 1. The number of Topliss-reactive ketones (excluding diaryl/α,β-unsaturated/α-hetero) is 1. The number of carbonyl (C=O) groups excluding carboxylic acids is 2. The number of rotatable bonds is 7. The van der Waals surface area contributed by atoms with Crippen LogP contribution in [0.5, 0.6) is 5.75 Å². The summed E-state index contributed by atoms with van der Waals surface area (Å²) < 4.78 is 5.20. The van der Waals surface area contributed by atoms with Crippen LogP contribution in [0.15, 0.2) is 30.3 Å². The van der Waals surface area contributed by atoms with E-state index in [1.165, 1.54) is 11.1 Å². The number of carbonyl (C=O) groups is 2. The third-order valence-corrected chi connectivity index (χ3v) is 6.59. The van der Waals surface area contributed by atoms with Crippen LogP contribution in [0.4, 0.5) is 0 Å². The molecule has 0 radical (unpaired) electrons. The van der Waals surface area contributed by atoms with E-state index in [4.69, 9.17) is 4.74 Å². The number of nitrogens with zero attached hydrogens (tertiary/aromatic N) is 2. The van der Waals surface area contributed by atoms with Crippen LogP contribution < -0.4 is 4.74 Å². The van der Waals surface area contributed by atoms with E-state index < -0.39 is 0 Å². The molecule has 1 aliphatic heterocycles. The summed E-state index contributed by atoms with van der Waals surface area (Å²) >= 11 is 0. The van der Waals surface area contributed by atoms with Gasteiger partial charge in [0.2, 0.25) is 5.91 Å². The van der Waals surface area contributed by atoms with Crippen molar-refractivity contribution in [2.75, 3.05) is 33.3 Å². The second kappa shape index (κ2) is 10.8. The van der Waals surface area contributed by atoms with Gasteiger partial charge >= 0.3 is 0 Å². The quantitative estimate of drug-likeness (QED) is 0.600. The van der Waals surface area contributed by atoms with Crippen molar-refractivity contribution in [2.24, 2.45) is 0 Å². The Hall–Kier alpha value is -2.66. The molecule has 0 aliphatic carbocycles. The Bertz CT molecular complexity index is 966. The molecule has 5 nitrogen and oxygen atoms in total. The van der Waals surface area contributed by atoms with Gasteiger partial charge in [-0.15, -0.1) is 0 Å². The van der Waals surface area contributed by atoms with Gasteiger partial charge in [-0.3, -0.25) is 14.5 Å². The molecular weight excluding hydrogens is 400 g/mol. The van der Waals surface area contributed by atoms with E-state index in [-0.39, 0.29) is 11.7 Å². The molecule has 0 saturated carbocycles. The number of hydrogen-bond donors (Lipinski definition) is 0.